The summed E-state index contributed by atoms with van der Waals surface area (Å²) in [6.07, 6.45) is 0. The van der Waals surface area contributed by atoms with Crippen molar-refractivity contribution in [3.8, 4) is 0 Å². The van der Waals surface area contributed by atoms with Crippen molar-refractivity contribution in [2.45, 2.75) is 6.92 Å². The van der Waals surface area contributed by atoms with Gasteiger partial charge >= 0.3 is 0 Å². The van der Waals surface area contributed by atoms with Gasteiger partial charge in [-0.2, -0.15) is 0 Å². The Hall–Kier alpha value is -0.270. The summed E-state index contributed by atoms with van der Waals surface area (Å²) >= 11 is 11.9. The monoisotopic (exact) mass is 336 g/mol. The van der Waals surface area contributed by atoms with Crippen LogP contribution in [0.5, 0.6) is 0 Å². The highest BCUT2D eigenvalue weighted by atomic mass is 127. The van der Waals surface area contributed by atoms with E-state index in [4.69, 9.17) is 24.4 Å². The second-order valence-electron chi connectivity index (χ2n) is 2.66. The topological polar surface area (TPSA) is 24.1 Å². The Labute approximate surface area is 108 Å². The first-order chi connectivity index (χ1) is 6.58. The lowest BCUT2D eigenvalue weighted by Gasteiger charge is -2.06. The summed E-state index contributed by atoms with van der Waals surface area (Å²) in [6.45, 7) is 1.85. The van der Waals surface area contributed by atoms with Crippen LogP contribution in [0, 0.1) is 0 Å². The highest BCUT2D eigenvalue weighted by molar-refractivity contribution is 14.1. The first-order valence-corrected chi connectivity index (χ1v) is 5.81. The molecule has 2 N–H and O–H groups in total. The van der Waals surface area contributed by atoms with Gasteiger partial charge in [0.25, 0.3) is 0 Å². The Morgan fingerprint density at radius 1 is 1.07 bits per heavy atom. The van der Waals surface area contributed by atoms with Crippen LogP contribution in [-0.4, -0.2) is 7.98 Å². The minimum Gasteiger partial charge on any atom is -0.350 e. The summed E-state index contributed by atoms with van der Waals surface area (Å²) in [5, 5.41) is 6.10. The fraction of sp³-hybridized carbons (Fsp3) is 0.111. The van der Waals surface area contributed by atoms with Crippen molar-refractivity contribution in [2.24, 2.45) is 0 Å². The van der Waals surface area contributed by atoms with E-state index in [0.717, 1.165) is 19.4 Å². The number of benzene rings is 1. The van der Waals surface area contributed by atoms with Crippen molar-refractivity contribution < 1.29 is 0 Å². The standard InChI is InChI=1S/C9H9IN2S2/c1-6(13)11-7-2-4-8(5-3-7)12-9(10)14/h2-5H,1H3,(H,11,13)(H,12,14). The van der Waals surface area contributed by atoms with Crippen molar-refractivity contribution in [1.82, 2.24) is 0 Å². The number of rotatable bonds is 2. The smallest absolute Gasteiger partial charge is 0.142 e. The summed E-state index contributed by atoms with van der Waals surface area (Å²) in [4.78, 5) is 0.759. The van der Waals surface area contributed by atoms with Crippen LogP contribution in [-0.2, 0) is 0 Å². The Kier molecular flexibility index (Phi) is 4.70. The number of halogens is 1. The lowest BCUT2D eigenvalue weighted by atomic mass is 10.3. The molecule has 0 bridgehead atoms. The zero-order valence-electron chi connectivity index (χ0n) is 7.50. The molecule has 0 aliphatic carbocycles. The number of nitrogens with one attached hydrogen (secondary N) is 2. The molecule has 0 aliphatic rings. The van der Waals surface area contributed by atoms with Gasteiger partial charge in [0.05, 0.1) is 4.99 Å². The Morgan fingerprint density at radius 3 is 1.86 bits per heavy atom. The van der Waals surface area contributed by atoms with E-state index in [1.54, 1.807) is 0 Å². The minimum atomic E-state index is 0.731. The molecule has 0 unspecified atom stereocenters. The molecule has 74 valence electrons. The third kappa shape index (κ3) is 4.30. The molecule has 0 saturated carbocycles. The summed E-state index contributed by atoms with van der Waals surface area (Å²) in [6, 6.07) is 7.80. The summed E-state index contributed by atoms with van der Waals surface area (Å²) in [5.74, 6) is 0. The molecule has 0 amide bonds. The van der Waals surface area contributed by atoms with Gasteiger partial charge in [0.1, 0.15) is 3.00 Å². The number of hydrogen-bond donors (Lipinski definition) is 2. The normalized spacial score (nSPS) is 9.29. The van der Waals surface area contributed by atoms with Crippen molar-refractivity contribution >= 4 is 66.4 Å². The van der Waals surface area contributed by atoms with Gasteiger partial charge in [0, 0.05) is 11.4 Å². The summed E-state index contributed by atoms with van der Waals surface area (Å²) in [5.41, 5.74) is 1.97. The molecule has 14 heavy (non-hydrogen) atoms. The molecule has 1 aromatic carbocycles. The first kappa shape index (κ1) is 11.8. The van der Waals surface area contributed by atoms with Crippen molar-refractivity contribution in [3.05, 3.63) is 24.3 Å². The first-order valence-electron chi connectivity index (χ1n) is 3.92. The fourth-order valence-electron chi connectivity index (χ4n) is 0.954. The van der Waals surface area contributed by atoms with E-state index in [9.17, 15) is 0 Å². The predicted octanol–water partition coefficient (Wildman–Crippen LogP) is 3.58. The maximum Gasteiger partial charge on any atom is 0.142 e. The molecule has 0 radical (unpaired) electrons. The Balaban J connectivity index is 2.68. The van der Waals surface area contributed by atoms with Crippen LogP contribution in [0.15, 0.2) is 24.3 Å². The number of anilines is 2. The molecule has 0 atom stereocenters. The highest BCUT2D eigenvalue weighted by Crippen LogP contribution is 2.14. The average molecular weight is 336 g/mol. The van der Waals surface area contributed by atoms with E-state index in [-0.39, 0.29) is 0 Å². The van der Waals surface area contributed by atoms with Crippen molar-refractivity contribution in [3.63, 3.8) is 0 Å². The maximum absolute atomic E-state index is 4.93. The molecule has 0 spiro atoms. The Bertz CT molecular complexity index is 313. The second kappa shape index (κ2) is 5.57. The molecule has 0 aliphatic heterocycles. The lowest BCUT2D eigenvalue weighted by Crippen LogP contribution is -2.04. The van der Waals surface area contributed by atoms with Gasteiger partial charge in [0.2, 0.25) is 0 Å². The fourth-order valence-corrected chi connectivity index (χ4v) is 1.50. The third-order valence-electron chi connectivity index (χ3n) is 1.45. The van der Waals surface area contributed by atoms with Gasteiger partial charge < -0.3 is 10.6 Å². The zero-order chi connectivity index (χ0) is 10.6. The minimum absolute atomic E-state index is 0.731. The van der Waals surface area contributed by atoms with Crippen LogP contribution in [0.4, 0.5) is 11.4 Å². The predicted molar refractivity (Wildman–Crippen MR) is 78.6 cm³/mol. The van der Waals surface area contributed by atoms with E-state index < -0.39 is 0 Å². The van der Waals surface area contributed by atoms with E-state index in [2.05, 4.69) is 33.2 Å². The van der Waals surface area contributed by atoms with Crippen LogP contribution in [0.25, 0.3) is 0 Å². The average Bonchev–Trinajstić information content (AvgIpc) is 2.06. The van der Waals surface area contributed by atoms with E-state index in [1.165, 1.54) is 0 Å². The van der Waals surface area contributed by atoms with E-state index >= 15 is 0 Å². The molecule has 0 saturated heterocycles. The van der Waals surface area contributed by atoms with Crippen LogP contribution in [0.1, 0.15) is 6.92 Å². The quantitative estimate of drug-likeness (QED) is 0.373. The third-order valence-corrected chi connectivity index (χ3v) is 1.92. The SMILES string of the molecule is CC(=S)Nc1ccc(NC(=S)I)cc1. The molecule has 0 aromatic heterocycles. The molecule has 0 heterocycles. The van der Waals surface area contributed by atoms with Gasteiger partial charge in [-0.3, -0.25) is 0 Å². The number of thiocarbonyl (C=S) groups is 2. The van der Waals surface area contributed by atoms with E-state index in [1.807, 2.05) is 31.2 Å². The highest BCUT2D eigenvalue weighted by Gasteiger charge is 1.95. The molecular weight excluding hydrogens is 327 g/mol. The number of hydrogen-bond acceptors (Lipinski definition) is 2. The zero-order valence-corrected chi connectivity index (χ0v) is 11.3. The van der Waals surface area contributed by atoms with Crippen LogP contribution in [0.3, 0.4) is 0 Å². The molecule has 5 heteroatoms. The lowest BCUT2D eigenvalue weighted by molar-refractivity contribution is 1.61. The Morgan fingerprint density at radius 2 is 1.50 bits per heavy atom. The van der Waals surface area contributed by atoms with Crippen LogP contribution in [0.2, 0.25) is 0 Å². The molecular formula is C9H9IN2S2. The summed E-state index contributed by atoms with van der Waals surface area (Å²) < 4.78 is 0.731. The van der Waals surface area contributed by atoms with Crippen molar-refractivity contribution in [2.75, 3.05) is 10.6 Å². The largest absolute Gasteiger partial charge is 0.350 e. The van der Waals surface area contributed by atoms with Crippen LogP contribution < -0.4 is 10.6 Å². The van der Waals surface area contributed by atoms with Gasteiger partial charge in [-0.15, -0.1) is 0 Å². The van der Waals surface area contributed by atoms with Crippen LogP contribution >= 0.6 is 47.0 Å². The summed E-state index contributed by atoms with van der Waals surface area (Å²) in [7, 11) is 0. The second-order valence-corrected chi connectivity index (χ2v) is 5.49. The molecule has 2 nitrogen and oxygen atoms in total. The van der Waals surface area contributed by atoms with Gasteiger partial charge in [-0.05, 0) is 53.8 Å². The molecule has 1 rings (SSSR count). The van der Waals surface area contributed by atoms with Crippen molar-refractivity contribution in [1.29, 1.82) is 0 Å². The van der Waals surface area contributed by atoms with Gasteiger partial charge in [-0.25, -0.2) is 0 Å². The van der Waals surface area contributed by atoms with Gasteiger partial charge in [0.15, 0.2) is 0 Å². The molecule has 1 aromatic rings. The van der Waals surface area contributed by atoms with E-state index in [0.29, 0.717) is 0 Å². The van der Waals surface area contributed by atoms with Gasteiger partial charge in [-0.1, -0.05) is 24.4 Å². The maximum atomic E-state index is 4.93. The molecule has 0 fully saturated rings.